The van der Waals surface area contributed by atoms with Gasteiger partial charge in [0.1, 0.15) is 0 Å². The van der Waals surface area contributed by atoms with Crippen molar-refractivity contribution in [3.8, 4) is 45.0 Å². The highest BCUT2D eigenvalue weighted by Gasteiger charge is 2.16. The summed E-state index contributed by atoms with van der Waals surface area (Å²) in [6.45, 7) is 0. The summed E-state index contributed by atoms with van der Waals surface area (Å²) < 4.78 is 2.65. The van der Waals surface area contributed by atoms with Crippen LogP contribution in [-0.2, 0) is 0 Å². The fourth-order valence-corrected chi connectivity index (χ4v) is 8.41. The Hall–Kier alpha value is -6.16. The normalized spacial score (nSPS) is 11.7. The van der Waals surface area contributed by atoms with Crippen LogP contribution in [0.15, 0.2) is 170 Å². The van der Waals surface area contributed by atoms with Gasteiger partial charge < -0.3 is 0 Å². The van der Waals surface area contributed by atoms with Gasteiger partial charge in [-0.05, 0) is 79.8 Å². The molecule has 0 unspecified atom stereocenters. The zero-order chi connectivity index (χ0) is 32.3. The van der Waals surface area contributed by atoms with Gasteiger partial charge in [0.05, 0.1) is 11.4 Å². The second kappa shape index (κ2) is 11.2. The maximum atomic E-state index is 5.18. The summed E-state index contributed by atoms with van der Waals surface area (Å²) in [6.07, 6.45) is 0. The average Bonchev–Trinajstić information content (AvgIpc) is 3.55. The van der Waals surface area contributed by atoms with Crippen LogP contribution in [0.1, 0.15) is 0 Å². The van der Waals surface area contributed by atoms with Gasteiger partial charge in [-0.2, -0.15) is 0 Å². The SMILES string of the molecule is c1ccc(-c2cccc(-c3cc(-c4ccc5c(c4)c4ccccc4c4cc6c(cc54)sc4ccccc46)nc(-c4ccccc4)n3)c2)cc1. The highest BCUT2D eigenvalue weighted by Crippen LogP contribution is 2.43. The van der Waals surface area contributed by atoms with Crippen LogP contribution in [0.5, 0.6) is 0 Å². The zero-order valence-electron chi connectivity index (χ0n) is 26.5. The molecule has 8 aromatic carbocycles. The molecular formula is C46H28N2S. The van der Waals surface area contributed by atoms with Gasteiger partial charge in [0, 0.05) is 36.9 Å². The first kappa shape index (κ1) is 27.9. The molecule has 0 N–H and O–H groups in total. The molecule has 0 radical (unpaired) electrons. The van der Waals surface area contributed by atoms with E-state index >= 15 is 0 Å². The van der Waals surface area contributed by atoms with Gasteiger partial charge in [0.2, 0.25) is 0 Å². The largest absolute Gasteiger partial charge is 0.228 e. The van der Waals surface area contributed by atoms with Crippen LogP contribution in [-0.4, -0.2) is 9.97 Å². The molecule has 0 saturated heterocycles. The number of fused-ring (bicyclic) bond motifs is 9. The molecule has 0 amide bonds. The molecule has 10 aromatic rings. The van der Waals surface area contributed by atoms with Crippen LogP contribution in [0.4, 0.5) is 0 Å². The Bertz CT molecular complexity index is 2870. The van der Waals surface area contributed by atoms with Crippen molar-refractivity contribution in [1.82, 2.24) is 9.97 Å². The Morgan fingerprint density at radius 2 is 0.837 bits per heavy atom. The lowest BCUT2D eigenvalue weighted by molar-refractivity contribution is 1.18. The van der Waals surface area contributed by atoms with Crippen molar-refractivity contribution in [2.75, 3.05) is 0 Å². The van der Waals surface area contributed by atoms with Crippen molar-refractivity contribution < 1.29 is 0 Å². The summed E-state index contributed by atoms with van der Waals surface area (Å²) in [5.41, 5.74) is 7.28. The molecule has 2 nitrogen and oxygen atoms in total. The van der Waals surface area contributed by atoms with E-state index in [1.54, 1.807) is 0 Å². The van der Waals surface area contributed by atoms with E-state index in [1.807, 2.05) is 29.5 Å². The molecule has 2 heterocycles. The minimum Gasteiger partial charge on any atom is -0.228 e. The summed E-state index contributed by atoms with van der Waals surface area (Å²) in [5, 5.41) is 10.2. The van der Waals surface area contributed by atoms with Crippen molar-refractivity contribution in [3.05, 3.63) is 170 Å². The molecule has 2 aromatic heterocycles. The van der Waals surface area contributed by atoms with Crippen molar-refractivity contribution in [2.24, 2.45) is 0 Å². The molecule has 0 aliphatic heterocycles. The monoisotopic (exact) mass is 640 g/mol. The molecule has 0 aliphatic rings. The highest BCUT2D eigenvalue weighted by molar-refractivity contribution is 7.25. The second-order valence-corrected chi connectivity index (χ2v) is 13.7. The third-order valence-electron chi connectivity index (χ3n) is 9.65. The molecule has 0 atom stereocenters. The van der Waals surface area contributed by atoms with Gasteiger partial charge >= 0.3 is 0 Å². The van der Waals surface area contributed by atoms with E-state index in [0.29, 0.717) is 5.82 Å². The maximum Gasteiger partial charge on any atom is 0.160 e. The number of aromatic nitrogens is 2. The van der Waals surface area contributed by atoms with Crippen LogP contribution in [0, 0.1) is 0 Å². The quantitative estimate of drug-likeness (QED) is 0.179. The molecule has 228 valence electrons. The van der Waals surface area contributed by atoms with Gasteiger partial charge in [-0.25, -0.2) is 9.97 Å². The molecule has 3 heteroatoms. The van der Waals surface area contributed by atoms with E-state index in [-0.39, 0.29) is 0 Å². The smallest absolute Gasteiger partial charge is 0.160 e. The summed E-state index contributed by atoms with van der Waals surface area (Å²) >= 11 is 1.87. The van der Waals surface area contributed by atoms with Gasteiger partial charge in [-0.1, -0.05) is 133 Å². The summed E-state index contributed by atoms with van der Waals surface area (Å²) in [7, 11) is 0. The van der Waals surface area contributed by atoms with E-state index in [4.69, 9.17) is 9.97 Å². The summed E-state index contributed by atoms with van der Waals surface area (Å²) in [4.78, 5) is 10.3. The number of hydrogen-bond acceptors (Lipinski definition) is 3. The van der Waals surface area contributed by atoms with Crippen LogP contribution < -0.4 is 0 Å². The Morgan fingerprint density at radius 3 is 1.59 bits per heavy atom. The number of hydrogen-bond donors (Lipinski definition) is 0. The van der Waals surface area contributed by atoms with Gasteiger partial charge in [0.25, 0.3) is 0 Å². The molecule has 0 spiro atoms. The van der Waals surface area contributed by atoms with Crippen LogP contribution >= 0.6 is 11.3 Å². The van der Waals surface area contributed by atoms with E-state index in [1.165, 1.54) is 58.1 Å². The predicted molar refractivity (Wildman–Crippen MR) is 209 cm³/mol. The third-order valence-corrected chi connectivity index (χ3v) is 10.8. The molecule has 0 bridgehead atoms. The van der Waals surface area contributed by atoms with Crippen molar-refractivity contribution in [1.29, 1.82) is 0 Å². The Balaban J connectivity index is 1.20. The zero-order valence-corrected chi connectivity index (χ0v) is 27.3. The van der Waals surface area contributed by atoms with Crippen molar-refractivity contribution in [3.63, 3.8) is 0 Å². The van der Waals surface area contributed by atoms with Gasteiger partial charge in [0.15, 0.2) is 5.82 Å². The fraction of sp³-hybridized carbons (Fsp3) is 0. The van der Waals surface area contributed by atoms with E-state index < -0.39 is 0 Å². The number of benzene rings is 8. The summed E-state index contributed by atoms with van der Waals surface area (Å²) in [5.74, 6) is 0.717. The molecular weight excluding hydrogens is 613 g/mol. The van der Waals surface area contributed by atoms with Crippen LogP contribution in [0.3, 0.4) is 0 Å². The molecule has 0 saturated carbocycles. The number of nitrogens with zero attached hydrogens (tertiary/aromatic N) is 2. The van der Waals surface area contributed by atoms with E-state index in [0.717, 1.165) is 33.6 Å². The topological polar surface area (TPSA) is 25.8 Å². The predicted octanol–water partition coefficient (Wildman–Crippen LogP) is 13.0. The standard InChI is InChI=1S/C46H28N2S/c1-3-12-29(13-4-1)31-16-11-17-32(24-31)42-28-43(48-46(47-42)30-14-5-2-6-15-30)33-22-23-36-38(25-33)34-18-7-8-19-35(34)39-26-41-37-20-9-10-21-44(37)49-45(41)27-40(36)39/h1-28H. The minimum absolute atomic E-state index is 0.717. The first-order valence-corrected chi connectivity index (χ1v) is 17.4. The lowest BCUT2D eigenvalue weighted by Crippen LogP contribution is -1.96. The average molecular weight is 641 g/mol. The first-order chi connectivity index (χ1) is 24.3. The van der Waals surface area contributed by atoms with Crippen LogP contribution in [0.25, 0.3) is 97.5 Å². The highest BCUT2D eigenvalue weighted by atomic mass is 32.1. The molecule has 10 rings (SSSR count). The Morgan fingerprint density at radius 1 is 0.286 bits per heavy atom. The Labute approximate surface area is 287 Å². The van der Waals surface area contributed by atoms with E-state index in [9.17, 15) is 0 Å². The second-order valence-electron chi connectivity index (χ2n) is 12.6. The third kappa shape index (κ3) is 4.70. The van der Waals surface area contributed by atoms with Crippen molar-refractivity contribution >= 4 is 63.8 Å². The fourth-order valence-electron chi connectivity index (χ4n) is 7.28. The lowest BCUT2D eigenvalue weighted by atomic mass is 9.92. The van der Waals surface area contributed by atoms with E-state index in [2.05, 4.69) is 152 Å². The number of rotatable bonds is 4. The Kier molecular flexibility index (Phi) is 6.39. The molecule has 0 aliphatic carbocycles. The molecule has 49 heavy (non-hydrogen) atoms. The van der Waals surface area contributed by atoms with Gasteiger partial charge in [-0.15, -0.1) is 11.3 Å². The number of thiophene rings is 1. The molecule has 0 fully saturated rings. The maximum absolute atomic E-state index is 5.18. The minimum atomic E-state index is 0.717. The summed E-state index contributed by atoms with van der Waals surface area (Å²) in [6, 6.07) is 60.8. The van der Waals surface area contributed by atoms with Crippen LogP contribution in [0.2, 0.25) is 0 Å². The van der Waals surface area contributed by atoms with Crippen molar-refractivity contribution in [2.45, 2.75) is 0 Å². The van der Waals surface area contributed by atoms with Gasteiger partial charge in [-0.3, -0.25) is 0 Å². The first-order valence-electron chi connectivity index (χ1n) is 16.6. The lowest BCUT2D eigenvalue weighted by Gasteiger charge is -2.14.